The van der Waals surface area contributed by atoms with E-state index in [2.05, 4.69) is 5.10 Å². The summed E-state index contributed by atoms with van der Waals surface area (Å²) in [5, 5.41) is 4.07. The third-order valence-electron chi connectivity index (χ3n) is 2.84. The van der Waals surface area contributed by atoms with E-state index in [1.54, 1.807) is 10.9 Å². The van der Waals surface area contributed by atoms with E-state index >= 15 is 0 Å². The molecule has 5 heteroatoms. The van der Waals surface area contributed by atoms with Crippen LogP contribution in [0.1, 0.15) is 24.6 Å². The van der Waals surface area contributed by atoms with Crippen molar-refractivity contribution in [1.29, 1.82) is 0 Å². The van der Waals surface area contributed by atoms with Crippen LogP contribution in [-0.2, 0) is 16.6 Å². The highest BCUT2D eigenvalue weighted by Crippen LogP contribution is 2.32. The van der Waals surface area contributed by atoms with Crippen molar-refractivity contribution in [2.75, 3.05) is 6.61 Å². The van der Waals surface area contributed by atoms with Gasteiger partial charge in [-0.1, -0.05) is 0 Å². The SMILES string of the molecule is Cn1nccc1[C@@H]1OCCC[C@H]1C(N)=O. The summed E-state index contributed by atoms with van der Waals surface area (Å²) in [7, 11) is 1.84. The third-order valence-corrected chi connectivity index (χ3v) is 2.84. The molecule has 15 heavy (non-hydrogen) atoms. The maximum atomic E-state index is 11.3. The van der Waals surface area contributed by atoms with E-state index in [-0.39, 0.29) is 17.9 Å². The van der Waals surface area contributed by atoms with Crippen molar-refractivity contribution in [3.63, 3.8) is 0 Å². The number of carbonyl (C=O) groups excluding carboxylic acids is 1. The van der Waals surface area contributed by atoms with Gasteiger partial charge in [0.15, 0.2) is 0 Å². The fourth-order valence-corrected chi connectivity index (χ4v) is 2.03. The molecule has 2 atom stereocenters. The first-order valence-corrected chi connectivity index (χ1v) is 5.09. The van der Waals surface area contributed by atoms with Crippen LogP contribution < -0.4 is 5.73 Å². The molecule has 0 radical (unpaired) electrons. The fourth-order valence-electron chi connectivity index (χ4n) is 2.03. The lowest BCUT2D eigenvalue weighted by Gasteiger charge is -2.29. The largest absolute Gasteiger partial charge is 0.371 e. The second kappa shape index (κ2) is 4.02. The number of aromatic nitrogens is 2. The molecule has 0 bridgehead atoms. The lowest BCUT2D eigenvalue weighted by atomic mass is 9.91. The molecular formula is C10H15N3O2. The number of aryl methyl sites for hydroxylation is 1. The highest BCUT2D eigenvalue weighted by atomic mass is 16.5. The maximum Gasteiger partial charge on any atom is 0.223 e. The van der Waals surface area contributed by atoms with Crippen molar-refractivity contribution in [3.05, 3.63) is 18.0 Å². The van der Waals surface area contributed by atoms with Gasteiger partial charge >= 0.3 is 0 Å². The smallest absolute Gasteiger partial charge is 0.223 e. The summed E-state index contributed by atoms with van der Waals surface area (Å²) in [4.78, 5) is 11.3. The molecule has 0 saturated carbocycles. The number of hydrogen-bond donors (Lipinski definition) is 1. The van der Waals surface area contributed by atoms with Crippen LogP contribution in [0.15, 0.2) is 12.3 Å². The lowest BCUT2D eigenvalue weighted by Crippen LogP contribution is -2.34. The maximum absolute atomic E-state index is 11.3. The molecule has 0 aromatic carbocycles. The Kier molecular flexibility index (Phi) is 2.73. The Balaban J connectivity index is 2.25. The van der Waals surface area contributed by atoms with Gasteiger partial charge in [-0.2, -0.15) is 5.10 Å². The third kappa shape index (κ3) is 1.87. The van der Waals surface area contributed by atoms with Crippen LogP contribution in [-0.4, -0.2) is 22.3 Å². The normalized spacial score (nSPS) is 26.5. The van der Waals surface area contributed by atoms with E-state index in [4.69, 9.17) is 10.5 Å². The molecule has 2 heterocycles. The molecule has 0 spiro atoms. The molecule has 0 unspecified atom stereocenters. The molecule has 5 nitrogen and oxygen atoms in total. The van der Waals surface area contributed by atoms with Gasteiger partial charge in [-0.3, -0.25) is 9.48 Å². The Morgan fingerprint density at radius 2 is 2.53 bits per heavy atom. The zero-order chi connectivity index (χ0) is 10.8. The molecule has 1 amide bonds. The molecule has 1 aliphatic heterocycles. The molecule has 2 rings (SSSR count). The van der Waals surface area contributed by atoms with Crippen LogP contribution in [0.4, 0.5) is 0 Å². The first kappa shape index (κ1) is 10.2. The predicted octanol–water partition coefficient (Wildman–Crippen LogP) is 0.373. The zero-order valence-corrected chi connectivity index (χ0v) is 8.72. The Morgan fingerprint density at radius 3 is 3.13 bits per heavy atom. The summed E-state index contributed by atoms with van der Waals surface area (Å²) < 4.78 is 7.34. The minimum atomic E-state index is -0.291. The van der Waals surface area contributed by atoms with Gasteiger partial charge in [0.2, 0.25) is 5.91 Å². The minimum Gasteiger partial charge on any atom is -0.371 e. The number of nitrogens with two attached hydrogens (primary N) is 1. The monoisotopic (exact) mass is 209 g/mol. The van der Waals surface area contributed by atoms with Gasteiger partial charge in [-0.05, 0) is 18.9 Å². The van der Waals surface area contributed by atoms with E-state index in [9.17, 15) is 4.79 Å². The summed E-state index contributed by atoms with van der Waals surface area (Å²) >= 11 is 0. The quantitative estimate of drug-likeness (QED) is 0.765. The summed E-state index contributed by atoms with van der Waals surface area (Å²) in [6.45, 7) is 0.680. The fraction of sp³-hybridized carbons (Fsp3) is 0.600. The van der Waals surface area contributed by atoms with Gasteiger partial charge in [0, 0.05) is 19.9 Å². The number of ether oxygens (including phenoxy) is 1. The van der Waals surface area contributed by atoms with Gasteiger partial charge < -0.3 is 10.5 Å². The van der Waals surface area contributed by atoms with E-state index in [1.165, 1.54) is 0 Å². The van der Waals surface area contributed by atoms with Crippen molar-refractivity contribution < 1.29 is 9.53 Å². The lowest BCUT2D eigenvalue weighted by molar-refractivity contribution is -0.131. The van der Waals surface area contributed by atoms with Crippen molar-refractivity contribution in [1.82, 2.24) is 9.78 Å². The van der Waals surface area contributed by atoms with Crippen LogP contribution in [0, 0.1) is 5.92 Å². The number of nitrogens with zero attached hydrogens (tertiary/aromatic N) is 2. The van der Waals surface area contributed by atoms with E-state index < -0.39 is 0 Å². The predicted molar refractivity (Wildman–Crippen MR) is 53.8 cm³/mol. The van der Waals surface area contributed by atoms with Gasteiger partial charge in [0.05, 0.1) is 11.6 Å². The van der Waals surface area contributed by atoms with Crippen LogP contribution in [0.25, 0.3) is 0 Å². The van der Waals surface area contributed by atoms with E-state index in [0.29, 0.717) is 6.61 Å². The van der Waals surface area contributed by atoms with Gasteiger partial charge in [-0.15, -0.1) is 0 Å². The Bertz CT molecular complexity index is 361. The number of amides is 1. The molecule has 1 saturated heterocycles. The van der Waals surface area contributed by atoms with E-state index in [0.717, 1.165) is 18.5 Å². The van der Waals surface area contributed by atoms with Crippen molar-refractivity contribution in [2.24, 2.45) is 18.7 Å². The molecule has 2 N–H and O–H groups in total. The van der Waals surface area contributed by atoms with Crippen molar-refractivity contribution >= 4 is 5.91 Å². The first-order chi connectivity index (χ1) is 7.20. The average molecular weight is 209 g/mol. The summed E-state index contributed by atoms with van der Waals surface area (Å²) in [6, 6.07) is 1.87. The minimum absolute atomic E-state index is 0.228. The number of hydrogen-bond acceptors (Lipinski definition) is 3. The van der Waals surface area contributed by atoms with Crippen molar-refractivity contribution in [3.8, 4) is 0 Å². The average Bonchev–Trinajstić information content (AvgIpc) is 2.64. The Hall–Kier alpha value is -1.36. The Labute approximate surface area is 88.2 Å². The van der Waals surface area contributed by atoms with Gasteiger partial charge in [0.1, 0.15) is 6.10 Å². The molecule has 0 aliphatic carbocycles. The molecular weight excluding hydrogens is 194 g/mol. The summed E-state index contributed by atoms with van der Waals surface area (Å²) in [6.07, 6.45) is 3.15. The van der Waals surface area contributed by atoms with Crippen LogP contribution >= 0.6 is 0 Å². The molecule has 1 aromatic rings. The molecule has 1 aliphatic rings. The van der Waals surface area contributed by atoms with Gasteiger partial charge in [-0.25, -0.2) is 0 Å². The zero-order valence-electron chi connectivity index (χ0n) is 8.72. The second-order valence-electron chi connectivity index (χ2n) is 3.82. The standard InChI is InChI=1S/C10H15N3O2/c1-13-8(4-5-12-13)9-7(10(11)14)3-2-6-15-9/h4-5,7,9H,2-3,6H2,1H3,(H2,11,14)/t7-,9-/m1/s1. The van der Waals surface area contributed by atoms with Crippen LogP contribution in [0.5, 0.6) is 0 Å². The summed E-state index contributed by atoms with van der Waals surface area (Å²) in [5.41, 5.74) is 6.28. The van der Waals surface area contributed by atoms with Crippen LogP contribution in [0.3, 0.4) is 0 Å². The Morgan fingerprint density at radius 1 is 1.73 bits per heavy atom. The van der Waals surface area contributed by atoms with E-state index in [1.807, 2.05) is 13.1 Å². The number of carbonyl (C=O) groups is 1. The van der Waals surface area contributed by atoms with Crippen LogP contribution in [0.2, 0.25) is 0 Å². The number of rotatable bonds is 2. The summed E-state index contributed by atoms with van der Waals surface area (Å²) in [5.74, 6) is -0.518. The first-order valence-electron chi connectivity index (χ1n) is 5.09. The molecule has 1 fully saturated rings. The number of primary amides is 1. The molecule has 82 valence electrons. The van der Waals surface area contributed by atoms with Crippen molar-refractivity contribution in [2.45, 2.75) is 18.9 Å². The topological polar surface area (TPSA) is 70.1 Å². The second-order valence-corrected chi connectivity index (χ2v) is 3.82. The molecule has 1 aromatic heterocycles. The highest BCUT2D eigenvalue weighted by Gasteiger charge is 2.33. The highest BCUT2D eigenvalue weighted by molar-refractivity contribution is 5.77. The van der Waals surface area contributed by atoms with Gasteiger partial charge in [0.25, 0.3) is 0 Å².